The molecule has 0 saturated carbocycles. The molecule has 19 heavy (non-hydrogen) atoms. The van der Waals surface area contributed by atoms with Gasteiger partial charge in [0, 0.05) is 20.2 Å². The van der Waals surface area contributed by atoms with Gasteiger partial charge in [0.2, 0.25) is 0 Å². The van der Waals surface area contributed by atoms with Gasteiger partial charge in [-0.3, -0.25) is 4.79 Å². The molecule has 1 rings (SSSR count). The number of unbranched alkanes of at least 4 members (excludes halogenated alkanes) is 1. The molecule has 0 unspecified atom stereocenters. The van der Waals surface area contributed by atoms with E-state index in [4.69, 9.17) is 14.6 Å². The third-order valence-corrected chi connectivity index (χ3v) is 3.23. The normalized spacial score (nSPS) is 22.4. The van der Waals surface area contributed by atoms with E-state index in [0.29, 0.717) is 32.5 Å². The molecule has 1 fully saturated rings. The molecule has 1 heterocycles. The molecular formula is C13H23NO5. The van der Waals surface area contributed by atoms with Crippen LogP contribution in [0.1, 0.15) is 32.6 Å². The molecule has 0 spiro atoms. The standard InChI is InChI=1S/C13H23NO5/c1-3-4-7-14(8-9-18-2)12(15)10-5-6-11(19-10)13(16)17/h10-11H,3-9H2,1-2H3,(H,16,17)/t10-,11+/m0/s1. The second kappa shape index (κ2) is 8.12. The van der Waals surface area contributed by atoms with Gasteiger partial charge in [0.05, 0.1) is 6.61 Å². The van der Waals surface area contributed by atoms with Gasteiger partial charge in [-0.1, -0.05) is 13.3 Å². The van der Waals surface area contributed by atoms with E-state index in [1.54, 1.807) is 12.0 Å². The number of carbonyl (C=O) groups is 2. The number of carboxylic acid groups (broad SMARTS) is 1. The molecule has 1 saturated heterocycles. The molecule has 6 heteroatoms. The Hall–Kier alpha value is -1.14. The van der Waals surface area contributed by atoms with E-state index in [0.717, 1.165) is 12.8 Å². The lowest BCUT2D eigenvalue weighted by Gasteiger charge is -2.25. The highest BCUT2D eigenvalue weighted by atomic mass is 16.5. The van der Waals surface area contributed by atoms with Crippen molar-refractivity contribution in [1.29, 1.82) is 0 Å². The van der Waals surface area contributed by atoms with Crippen molar-refractivity contribution in [3.8, 4) is 0 Å². The molecular weight excluding hydrogens is 250 g/mol. The van der Waals surface area contributed by atoms with Crippen molar-refractivity contribution in [3.63, 3.8) is 0 Å². The lowest BCUT2D eigenvalue weighted by atomic mass is 10.1. The predicted octanol–water partition coefficient (Wildman–Crippen LogP) is 0.894. The van der Waals surface area contributed by atoms with E-state index < -0.39 is 18.2 Å². The van der Waals surface area contributed by atoms with Gasteiger partial charge in [-0.25, -0.2) is 4.79 Å². The van der Waals surface area contributed by atoms with Crippen LogP contribution >= 0.6 is 0 Å². The first-order valence-corrected chi connectivity index (χ1v) is 6.76. The van der Waals surface area contributed by atoms with E-state index in [9.17, 15) is 9.59 Å². The Kier molecular flexibility index (Phi) is 6.80. The second-order valence-corrected chi connectivity index (χ2v) is 4.70. The number of ether oxygens (including phenoxy) is 2. The summed E-state index contributed by atoms with van der Waals surface area (Å²) in [6.07, 6.45) is 1.34. The zero-order chi connectivity index (χ0) is 14.3. The molecule has 0 aromatic heterocycles. The lowest BCUT2D eigenvalue weighted by Crippen LogP contribution is -2.42. The van der Waals surface area contributed by atoms with Crippen LogP contribution in [0.3, 0.4) is 0 Å². The third-order valence-electron chi connectivity index (χ3n) is 3.23. The lowest BCUT2D eigenvalue weighted by molar-refractivity contribution is -0.155. The molecule has 0 bridgehead atoms. The van der Waals surface area contributed by atoms with Crippen LogP contribution in [0.5, 0.6) is 0 Å². The van der Waals surface area contributed by atoms with E-state index in [-0.39, 0.29) is 5.91 Å². The van der Waals surface area contributed by atoms with Crippen molar-refractivity contribution >= 4 is 11.9 Å². The molecule has 0 aromatic rings. The Bertz CT molecular complexity index is 299. The van der Waals surface area contributed by atoms with Crippen molar-refractivity contribution in [2.45, 2.75) is 44.8 Å². The minimum absolute atomic E-state index is 0.116. The van der Waals surface area contributed by atoms with Gasteiger partial charge < -0.3 is 19.5 Å². The first-order chi connectivity index (χ1) is 9.10. The number of hydrogen-bond donors (Lipinski definition) is 1. The number of rotatable bonds is 8. The van der Waals surface area contributed by atoms with Crippen molar-refractivity contribution in [2.24, 2.45) is 0 Å². The molecule has 0 radical (unpaired) electrons. The number of carboxylic acids is 1. The molecule has 6 nitrogen and oxygen atoms in total. The van der Waals surface area contributed by atoms with Crippen LogP contribution in [0, 0.1) is 0 Å². The highest BCUT2D eigenvalue weighted by Gasteiger charge is 2.36. The minimum Gasteiger partial charge on any atom is -0.479 e. The first-order valence-electron chi connectivity index (χ1n) is 6.76. The van der Waals surface area contributed by atoms with Gasteiger partial charge in [0.15, 0.2) is 6.10 Å². The summed E-state index contributed by atoms with van der Waals surface area (Å²) in [5, 5.41) is 8.86. The highest BCUT2D eigenvalue weighted by molar-refractivity contribution is 5.82. The fourth-order valence-electron chi connectivity index (χ4n) is 2.09. The molecule has 110 valence electrons. The Morgan fingerprint density at radius 2 is 2.00 bits per heavy atom. The maximum absolute atomic E-state index is 12.3. The Morgan fingerprint density at radius 1 is 1.32 bits per heavy atom. The van der Waals surface area contributed by atoms with Gasteiger partial charge in [0.25, 0.3) is 5.91 Å². The van der Waals surface area contributed by atoms with Crippen molar-refractivity contribution in [1.82, 2.24) is 4.90 Å². The van der Waals surface area contributed by atoms with Crippen LogP contribution in [0.25, 0.3) is 0 Å². The van der Waals surface area contributed by atoms with Gasteiger partial charge in [-0.05, 0) is 19.3 Å². The molecule has 0 aliphatic carbocycles. The van der Waals surface area contributed by atoms with Crippen LogP contribution in [-0.4, -0.2) is 60.9 Å². The van der Waals surface area contributed by atoms with Crippen LogP contribution < -0.4 is 0 Å². The van der Waals surface area contributed by atoms with Crippen LogP contribution in [0.4, 0.5) is 0 Å². The average molecular weight is 273 g/mol. The van der Waals surface area contributed by atoms with Crippen molar-refractivity contribution < 1.29 is 24.2 Å². The van der Waals surface area contributed by atoms with Crippen LogP contribution in [-0.2, 0) is 19.1 Å². The monoisotopic (exact) mass is 273 g/mol. The summed E-state index contributed by atoms with van der Waals surface area (Å²) in [5.41, 5.74) is 0. The highest BCUT2D eigenvalue weighted by Crippen LogP contribution is 2.21. The molecule has 2 atom stereocenters. The van der Waals surface area contributed by atoms with Crippen molar-refractivity contribution in [2.75, 3.05) is 26.8 Å². The topological polar surface area (TPSA) is 76.1 Å². The van der Waals surface area contributed by atoms with Gasteiger partial charge in [-0.2, -0.15) is 0 Å². The number of methoxy groups -OCH3 is 1. The zero-order valence-corrected chi connectivity index (χ0v) is 11.6. The summed E-state index contributed by atoms with van der Waals surface area (Å²) in [6.45, 7) is 3.72. The molecule has 1 aliphatic rings. The summed E-state index contributed by atoms with van der Waals surface area (Å²) in [5.74, 6) is -1.11. The number of nitrogens with zero attached hydrogens (tertiary/aromatic N) is 1. The first kappa shape index (κ1) is 15.9. The van der Waals surface area contributed by atoms with Gasteiger partial charge in [-0.15, -0.1) is 0 Å². The summed E-state index contributed by atoms with van der Waals surface area (Å²) < 4.78 is 10.3. The Morgan fingerprint density at radius 3 is 2.53 bits per heavy atom. The minimum atomic E-state index is -0.993. The van der Waals surface area contributed by atoms with E-state index in [1.165, 1.54) is 0 Å². The summed E-state index contributed by atoms with van der Waals surface area (Å²) in [7, 11) is 1.59. The van der Waals surface area contributed by atoms with E-state index in [1.807, 2.05) is 0 Å². The van der Waals surface area contributed by atoms with Crippen LogP contribution in [0.2, 0.25) is 0 Å². The fourth-order valence-corrected chi connectivity index (χ4v) is 2.09. The second-order valence-electron chi connectivity index (χ2n) is 4.70. The smallest absolute Gasteiger partial charge is 0.332 e. The number of amides is 1. The SMILES string of the molecule is CCCCN(CCOC)C(=O)[C@@H]1CC[C@H](C(=O)O)O1. The number of hydrogen-bond acceptors (Lipinski definition) is 4. The summed E-state index contributed by atoms with van der Waals surface area (Å²) in [6, 6.07) is 0. The predicted molar refractivity (Wildman–Crippen MR) is 68.9 cm³/mol. The van der Waals surface area contributed by atoms with E-state index in [2.05, 4.69) is 6.92 Å². The molecule has 1 amide bonds. The summed E-state index contributed by atoms with van der Waals surface area (Å²) in [4.78, 5) is 24.8. The van der Waals surface area contributed by atoms with Crippen molar-refractivity contribution in [3.05, 3.63) is 0 Å². The quantitative estimate of drug-likeness (QED) is 0.711. The van der Waals surface area contributed by atoms with Crippen LogP contribution in [0.15, 0.2) is 0 Å². The Balaban J connectivity index is 2.53. The average Bonchev–Trinajstić information content (AvgIpc) is 2.88. The molecule has 1 aliphatic heterocycles. The fraction of sp³-hybridized carbons (Fsp3) is 0.846. The molecule has 0 aromatic carbocycles. The van der Waals surface area contributed by atoms with E-state index >= 15 is 0 Å². The molecule has 1 N–H and O–H groups in total. The Labute approximate surface area is 113 Å². The number of carbonyl (C=O) groups excluding carboxylic acids is 1. The maximum atomic E-state index is 12.3. The van der Waals surface area contributed by atoms with Gasteiger partial charge in [0.1, 0.15) is 6.10 Å². The maximum Gasteiger partial charge on any atom is 0.332 e. The third kappa shape index (κ3) is 4.80. The summed E-state index contributed by atoms with van der Waals surface area (Å²) >= 11 is 0. The largest absolute Gasteiger partial charge is 0.479 e. The number of aliphatic carboxylic acids is 1. The van der Waals surface area contributed by atoms with Gasteiger partial charge >= 0.3 is 5.97 Å². The zero-order valence-electron chi connectivity index (χ0n) is 11.6.